The molecular formula is C9H16N3+. The van der Waals surface area contributed by atoms with E-state index in [-0.39, 0.29) is 5.41 Å². The van der Waals surface area contributed by atoms with Gasteiger partial charge in [-0.2, -0.15) is 0 Å². The van der Waals surface area contributed by atoms with Crippen molar-refractivity contribution in [3.8, 4) is 0 Å². The summed E-state index contributed by atoms with van der Waals surface area (Å²) in [6.07, 6.45) is 4.07. The molecule has 0 amide bonds. The first kappa shape index (κ1) is 9.10. The number of hydrogen-bond acceptors (Lipinski definition) is 2. The Bertz CT molecular complexity index is 246. The van der Waals surface area contributed by atoms with E-state index in [0.717, 1.165) is 18.5 Å². The van der Waals surface area contributed by atoms with Crippen molar-refractivity contribution < 1.29 is 4.68 Å². The highest BCUT2D eigenvalue weighted by molar-refractivity contribution is 5.18. The van der Waals surface area contributed by atoms with Crippen LogP contribution in [0, 0.1) is 5.41 Å². The second-order valence-corrected chi connectivity index (χ2v) is 3.41. The fraction of sp³-hybridized carbons (Fsp3) is 0.667. The van der Waals surface area contributed by atoms with Crippen LogP contribution in [0.3, 0.4) is 0 Å². The molecule has 1 heterocycles. The van der Waals surface area contributed by atoms with Crippen LogP contribution in [0.2, 0.25) is 0 Å². The number of allylic oxidation sites excluding steroid dienone is 1. The van der Waals surface area contributed by atoms with Gasteiger partial charge in [-0.25, -0.2) is 0 Å². The highest BCUT2D eigenvalue weighted by Gasteiger charge is 2.33. The molecular weight excluding hydrogens is 150 g/mol. The Labute approximate surface area is 73.5 Å². The molecule has 0 aromatic heterocycles. The van der Waals surface area contributed by atoms with E-state index in [1.54, 1.807) is 0 Å². The van der Waals surface area contributed by atoms with E-state index in [1.807, 2.05) is 6.20 Å². The van der Waals surface area contributed by atoms with Gasteiger partial charge in [0.1, 0.15) is 5.22 Å². The van der Waals surface area contributed by atoms with Gasteiger partial charge in [-0.3, -0.25) is 0 Å². The molecule has 3 heteroatoms. The van der Waals surface area contributed by atoms with E-state index in [1.165, 1.54) is 4.68 Å². The van der Waals surface area contributed by atoms with Crippen LogP contribution in [0.4, 0.5) is 0 Å². The minimum Gasteiger partial charge on any atom is -0.113 e. The minimum absolute atomic E-state index is 0.163. The molecule has 1 rings (SSSR count). The first-order valence-corrected chi connectivity index (χ1v) is 4.36. The van der Waals surface area contributed by atoms with Crippen molar-refractivity contribution in [1.29, 1.82) is 0 Å². The summed E-state index contributed by atoms with van der Waals surface area (Å²) in [5.41, 5.74) is 1.21. The normalized spacial score (nSPS) is 16.9. The molecule has 1 aliphatic heterocycles. The molecule has 0 aliphatic carbocycles. The molecule has 1 aliphatic rings. The fourth-order valence-electron chi connectivity index (χ4n) is 1.19. The summed E-state index contributed by atoms with van der Waals surface area (Å²) in [7, 11) is 0. The first-order chi connectivity index (χ1) is 5.62. The Morgan fingerprint density at radius 2 is 2.08 bits per heavy atom. The maximum atomic E-state index is 4.08. The zero-order valence-electron chi connectivity index (χ0n) is 8.04. The average molecular weight is 166 g/mol. The number of nitrogens with zero attached hydrogens (tertiary/aromatic N) is 3. The average Bonchev–Trinajstić information content (AvgIpc) is 2.51. The molecule has 66 valence electrons. The fourth-order valence-corrected chi connectivity index (χ4v) is 1.19. The molecule has 0 radical (unpaired) electrons. The van der Waals surface area contributed by atoms with E-state index >= 15 is 0 Å². The summed E-state index contributed by atoms with van der Waals surface area (Å²) >= 11 is 0. The monoisotopic (exact) mass is 166 g/mol. The highest BCUT2D eigenvalue weighted by Crippen LogP contribution is 2.36. The van der Waals surface area contributed by atoms with Gasteiger partial charge in [0, 0.05) is 5.41 Å². The largest absolute Gasteiger partial charge is 0.227 e. The summed E-state index contributed by atoms with van der Waals surface area (Å²) in [4.78, 5) is 0. The van der Waals surface area contributed by atoms with E-state index in [9.17, 15) is 0 Å². The third-order valence-electron chi connectivity index (χ3n) is 2.72. The summed E-state index contributed by atoms with van der Waals surface area (Å²) in [6, 6.07) is 0. The number of hydrogen-bond donors (Lipinski definition) is 0. The Hall–Kier alpha value is -0.990. The Balaban J connectivity index is 2.88. The van der Waals surface area contributed by atoms with Gasteiger partial charge >= 0.3 is 0 Å². The van der Waals surface area contributed by atoms with Crippen molar-refractivity contribution >= 4 is 6.72 Å². The van der Waals surface area contributed by atoms with Gasteiger partial charge in [0.15, 0.2) is 6.20 Å². The smallest absolute Gasteiger partial charge is 0.113 e. The third-order valence-corrected chi connectivity index (χ3v) is 2.72. The molecule has 0 aromatic rings. The molecule has 3 nitrogen and oxygen atoms in total. The maximum Gasteiger partial charge on any atom is 0.227 e. The lowest BCUT2D eigenvalue weighted by molar-refractivity contribution is -0.454. The molecule has 0 N–H and O–H groups in total. The molecule has 0 fully saturated rings. The van der Waals surface area contributed by atoms with Crippen molar-refractivity contribution in [3.63, 3.8) is 0 Å². The lowest BCUT2D eigenvalue weighted by Crippen LogP contribution is -2.15. The van der Waals surface area contributed by atoms with Gasteiger partial charge in [0.05, 0.1) is 11.8 Å². The van der Waals surface area contributed by atoms with Crippen LogP contribution in [0.5, 0.6) is 0 Å². The molecule has 0 bridgehead atoms. The molecule has 12 heavy (non-hydrogen) atoms. The van der Waals surface area contributed by atoms with E-state index in [0.29, 0.717) is 0 Å². The summed E-state index contributed by atoms with van der Waals surface area (Å²) in [6.45, 7) is 10.2. The van der Waals surface area contributed by atoms with Crippen molar-refractivity contribution in [3.05, 3.63) is 11.9 Å². The SMILES string of the molecule is C=[N+]1C=C(C(C)(CC)CC)N=N1. The molecule has 0 unspecified atom stereocenters. The zero-order chi connectivity index (χ0) is 9.19. The van der Waals surface area contributed by atoms with Crippen molar-refractivity contribution in [2.24, 2.45) is 15.8 Å². The second-order valence-electron chi connectivity index (χ2n) is 3.41. The van der Waals surface area contributed by atoms with Crippen LogP contribution in [0.25, 0.3) is 0 Å². The van der Waals surface area contributed by atoms with Gasteiger partial charge in [-0.05, 0) is 12.8 Å². The third kappa shape index (κ3) is 1.44. The predicted molar refractivity (Wildman–Crippen MR) is 49.0 cm³/mol. The van der Waals surface area contributed by atoms with Crippen molar-refractivity contribution in [2.75, 3.05) is 0 Å². The molecule has 0 spiro atoms. The Kier molecular flexibility index (Phi) is 2.40. The molecule has 0 aromatic carbocycles. The van der Waals surface area contributed by atoms with Crippen LogP contribution < -0.4 is 0 Å². The molecule has 0 saturated carbocycles. The van der Waals surface area contributed by atoms with Gasteiger partial charge in [0.2, 0.25) is 5.70 Å². The Morgan fingerprint density at radius 1 is 1.50 bits per heavy atom. The topological polar surface area (TPSA) is 27.7 Å². The van der Waals surface area contributed by atoms with E-state index in [2.05, 4.69) is 37.8 Å². The highest BCUT2D eigenvalue weighted by atomic mass is 15.5. The standard InChI is InChI=1S/C9H16N3/c1-5-9(3,6-2)8-7-12(4)11-10-8/h7H,4-6H2,1-3H3/q+1. The van der Waals surface area contributed by atoms with E-state index < -0.39 is 0 Å². The lowest BCUT2D eigenvalue weighted by atomic mass is 9.82. The van der Waals surface area contributed by atoms with Gasteiger partial charge < -0.3 is 0 Å². The zero-order valence-corrected chi connectivity index (χ0v) is 8.04. The van der Waals surface area contributed by atoms with E-state index in [4.69, 9.17) is 0 Å². The maximum absolute atomic E-state index is 4.08. The first-order valence-electron chi connectivity index (χ1n) is 4.36. The Morgan fingerprint density at radius 3 is 2.42 bits per heavy atom. The lowest BCUT2D eigenvalue weighted by Gasteiger charge is -2.20. The second kappa shape index (κ2) is 3.17. The van der Waals surface area contributed by atoms with Gasteiger partial charge in [-0.1, -0.05) is 20.8 Å². The van der Waals surface area contributed by atoms with Crippen LogP contribution in [-0.4, -0.2) is 11.4 Å². The summed E-state index contributed by atoms with van der Waals surface area (Å²) < 4.78 is 1.51. The summed E-state index contributed by atoms with van der Waals surface area (Å²) in [5.74, 6) is 0. The molecule has 0 atom stereocenters. The van der Waals surface area contributed by atoms with Crippen LogP contribution in [-0.2, 0) is 0 Å². The summed E-state index contributed by atoms with van der Waals surface area (Å²) in [5, 5.41) is 7.91. The van der Waals surface area contributed by atoms with Crippen molar-refractivity contribution in [2.45, 2.75) is 33.6 Å². The van der Waals surface area contributed by atoms with Crippen LogP contribution >= 0.6 is 0 Å². The van der Waals surface area contributed by atoms with Gasteiger partial charge in [0.25, 0.3) is 0 Å². The number of rotatable bonds is 3. The predicted octanol–water partition coefficient (Wildman–Crippen LogP) is 2.75. The van der Waals surface area contributed by atoms with Crippen LogP contribution in [0.15, 0.2) is 22.2 Å². The van der Waals surface area contributed by atoms with Crippen LogP contribution in [0.1, 0.15) is 33.6 Å². The quantitative estimate of drug-likeness (QED) is 0.577. The van der Waals surface area contributed by atoms with Gasteiger partial charge in [-0.15, -0.1) is 4.68 Å². The minimum atomic E-state index is 0.163. The van der Waals surface area contributed by atoms with Crippen molar-refractivity contribution in [1.82, 2.24) is 0 Å². The molecule has 0 saturated heterocycles.